The summed E-state index contributed by atoms with van der Waals surface area (Å²) < 4.78 is 5.75. The van der Waals surface area contributed by atoms with Crippen LogP contribution < -0.4 is 10.5 Å². The van der Waals surface area contributed by atoms with E-state index >= 15 is 0 Å². The number of hydrogen-bond acceptors (Lipinski definition) is 3. The van der Waals surface area contributed by atoms with E-state index in [-0.39, 0.29) is 18.8 Å². The molecule has 1 rings (SSSR count). The van der Waals surface area contributed by atoms with Crippen LogP contribution in [0.4, 0.5) is 0 Å². The van der Waals surface area contributed by atoms with Crippen LogP contribution in [0.25, 0.3) is 0 Å². The highest BCUT2D eigenvalue weighted by atomic mass is 16.5. The smallest absolute Gasteiger partial charge is 0.137 e. The molecule has 0 aromatic heterocycles. The summed E-state index contributed by atoms with van der Waals surface area (Å²) in [6, 6.07) is 7.81. The van der Waals surface area contributed by atoms with Crippen LogP contribution in [-0.2, 0) is 6.42 Å². The summed E-state index contributed by atoms with van der Waals surface area (Å²) in [5.74, 6) is 1.27. The molecule has 1 aromatic rings. The van der Waals surface area contributed by atoms with Crippen molar-refractivity contribution in [3.63, 3.8) is 0 Å². The van der Waals surface area contributed by atoms with Gasteiger partial charge in [0, 0.05) is 6.04 Å². The van der Waals surface area contributed by atoms with Gasteiger partial charge >= 0.3 is 0 Å². The molecule has 2 unspecified atom stereocenters. The third kappa shape index (κ3) is 4.67. The maximum absolute atomic E-state index is 9.37. The Hall–Kier alpha value is -1.06. The fourth-order valence-electron chi connectivity index (χ4n) is 1.93. The minimum atomic E-state index is -0.333. The number of rotatable bonds is 7. The van der Waals surface area contributed by atoms with Gasteiger partial charge in [0.15, 0.2) is 0 Å². The first-order chi connectivity index (χ1) is 8.56. The minimum absolute atomic E-state index is 0.0522. The van der Waals surface area contributed by atoms with Gasteiger partial charge in [-0.2, -0.15) is 0 Å². The summed E-state index contributed by atoms with van der Waals surface area (Å²) in [5.41, 5.74) is 7.32. The predicted molar refractivity (Wildman–Crippen MR) is 74.8 cm³/mol. The molecule has 18 heavy (non-hydrogen) atoms. The maximum atomic E-state index is 9.37. The minimum Gasteiger partial charge on any atom is -0.486 e. The van der Waals surface area contributed by atoms with Crippen LogP contribution >= 0.6 is 0 Å². The highest BCUT2D eigenvalue weighted by Crippen LogP contribution is 2.17. The Labute approximate surface area is 110 Å². The van der Waals surface area contributed by atoms with E-state index in [4.69, 9.17) is 10.5 Å². The highest BCUT2D eigenvalue weighted by molar-refractivity contribution is 5.27. The molecular weight excluding hydrogens is 226 g/mol. The van der Waals surface area contributed by atoms with Gasteiger partial charge in [-0.15, -0.1) is 0 Å². The van der Waals surface area contributed by atoms with Crippen LogP contribution in [-0.4, -0.2) is 23.9 Å². The molecule has 3 heteroatoms. The average Bonchev–Trinajstić information content (AvgIpc) is 2.35. The molecule has 0 saturated carbocycles. The molecule has 0 saturated heterocycles. The molecule has 0 radical (unpaired) electrons. The van der Waals surface area contributed by atoms with Crippen LogP contribution in [0.3, 0.4) is 0 Å². The van der Waals surface area contributed by atoms with Crippen LogP contribution in [0.5, 0.6) is 5.75 Å². The molecule has 102 valence electrons. The molecule has 3 N–H and O–H groups in total. The molecule has 3 nitrogen and oxygen atoms in total. The Bertz CT molecular complexity index is 335. The van der Waals surface area contributed by atoms with Gasteiger partial charge in [0.2, 0.25) is 0 Å². The number of aliphatic hydroxyl groups is 1. The maximum Gasteiger partial charge on any atom is 0.137 e. The molecule has 0 aliphatic carbocycles. The standard InChI is InChI=1S/C15H25NO2/c1-4-12-5-7-13(8-6-12)18-15(10-17)14(16)9-11(2)3/h5-8,11,14-15,17H,4,9-10,16H2,1-3H3. The Morgan fingerprint density at radius 3 is 2.28 bits per heavy atom. The van der Waals surface area contributed by atoms with Crippen molar-refractivity contribution in [1.29, 1.82) is 0 Å². The van der Waals surface area contributed by atoms with Crippen molar-refractivity contribution in [2.24, 2.45) is 11.7 Å². The first kappa shape index (κ1) is 15.0. The van der Waals surface area contributed by atoms with Gasteiger partial charge in [0.1, 0.15) is 11.9 Å². The van der Waals surface area contributed by atoms with Gasteiger partial charge in [0.25, 0.3) is 0 Å². The summed E-state index contributed by atoms with van der Waals surface area (Å²) >= 11 is 0. The van der Waals surface area contributed by atoms with Crippen LogP contribution in [0.2, 0.25) is 0 Å². The number of hydrogen-bond donors (Lipinski definition) is 2. The van der Waals surface area contributed by atoms with Crippen molar-refractivity contribution in [3.8, 4) is 5.75 Å². The Morgan fingerprint density at radius 2 is 1.83 bits per heavy atom. The van der Waals surface area contributed by atoms with E-state index in [1.807, 2.05) is 24.3 Å². The molecule has 0 fully saturated rings. The van der Waals surface area contributed by atoms with E-state index in [0.717, 1.165) is 18.6 Å². The molecule has 1 aromatic carbocycles. The van der Waals surface area contributed by atoms with Crippen molar-refractivity contribution < 1.29 is 9.84 Å². The lowest BCUT2D eigenvalue weighted by atomic mass is 10.0. The first-order valence-corrected chi connectivity index (χ1v) is 6.68. The summed E-state index contributed by atoms with van der Waals surface area (Å²) in [5, 5.41) is 9.37. The fourth-order valence-corrected chi connectivity index (χ4v) is 1.93. The van der Waals surface area contributed by atoms with Gasteiger partial charge < -0.3 is 15.6 Å². The summed E-state index contributed by atoms with van der Waals surface area (Å²) in [7, 11) is 0. The predicted octanol–water partition coefficient (Wildman–Crippen LogP) is 2.36. The van der Waals surface area contributed by atoms with Crippen LogP contribution in [0, 0.1) is 5.92 Å². The second kappa shape index (κ2) is 7.39. The quantitative estimate of drug-likeness (QED) is 0.782. The summed E-state index contributed by atoms with van der Waals surface area (Å²) in [6.45, 7) is 6.29. The lowest BCUT2D eigenvalue weighted by Gasteiger charge is -2.24. The van der Waals surface area contributed by atoms with E-state index < -0.39 is 0 Å². The van der Waals surface area contributed by atoms with Crippen LogP contribution in [0.1, 0.15) is 32.8 Å². The van der Waals surface area contributed by atoms with Crippen molar-refractivity contribution >= 4 is 0 Å². The van der Waals surface area contributed by atoms with Crippen molar-refractivity contribution in [1.82, 2.24) is 0 Å². The van der Waals surface area contributed by atoms with Crippen LogP contribution in [0.15, 0.2) is 24.3 Å². The molecule has 0 heterocycles. The SMILES string of the molecule is CCc1ccc(OC(CO)C(N)CC(C)C)cc1. The Morgan fingerprint density at radius 1 is 1.22 bits per heavy atom. The zero-order chi connectivity index (χ0) is 13.5. The second-order valence-electron chi connectivity index (χ2n) is 5.13. The van der Waals surface area contributed by atoms with E-state index in [1.165, 1.54) is 5.56 Å². The largest absolute Gasteiger partial charge is 0.486 e. The zero-order valence-corrected chi connectivity index (χ0v) is 11.6. The average molecular weight is 251 g/mol. The van der Waals surface area contributed by atoms with E-state index in [2.05, 4.69) is 20.8 Å². The Balaban J connectivity index is 2.61. The zero-order valence-electron chi connectivity index (χ0n) is 11.6. The molecule has 0 bridgehead atoms. The molecule has 0 aliphatic rings. The monoisotopic (exact) mass is 251 g/mol. The number of aryl methyl sites for hydroxylation is 1. The number of nitrogens with two attached hydrogens (primary N) is 1. The van der Waals surface area contributed by atoms with E-state index in [0.29, 0.717) is 5.92 Å². The topological polar surface area (TPSA) is 55.5 Å². The molecule has 0 amide bonds. The molecule has 2 atom stereocenters. The first-order valence-electron chi connectivity index (χ1n) is 6.68. The fraction of sp³-hybridized carbons (Fsp3) is 0.600. The molecular formula is C15H25NO2. The molecule has 0 spiro atoms. The van der Waals surface area contributed by atoms with Crippen molar-refractivity contribution in [2.75, 3.05) is 6.61 Å². The number of ether oxygens (including phenoxy) is 1. The molecule has 0 aliphatic heterocycles. The normalized spacial score (nSPS) is 14.6. The summed E-state index contributed by atoms with van der Waals surface area (Å²) in [4.78, 5) is 0. The number of aliphatic hydroxyl groups excluding tert-OH is 1. The third-order valence-electron chi connectivity index (χ3n) is 3.02. The third-order valence-corrected chi connectivity index (χ3v) is 3.02. The number of benzene rings is 1. The Kier molecular flexibility index (Phi) is 6.16. The lowest BCUT2D eigenvalue weighted by Crippen LogP contribution is -2.42. The van der Waals surface area contributed by atoms with Crippen molar-refractivity contribution in [3.05, 3.63) is 29.8 Å². The second-order valence-corrected chi connectivity index (χ2v) is 5.13. The van der Waals surface area contributed by atoms with Gasteiger partial charge in [0.05, 0.1) is 6.61 Å². The lowest BCUT2D eigenvalue weighted by molar-refractivity contribution is 0.0881. The van der Waals surface area contributed by atoms with E-state index in [9.17, 15) is 5.11 Å². The highest BCUT2D eigenvalue weighted by Gasteiger charge is 2.19. The van der Waals surface area contributed by atoms with Gasteiger partial charge in [-0.05, 0) is 36.5 Å². The van der Waals surface area contributed by atoms with E-state index in [1.54, 1.807) is 0 Å². The van der Waals surface area contributed by atoms with Gasteiger partial charge in [-0.1, -0.05) is 32.9 Å². The summed E-state index contributed by atoms with van der Waals surface area (Å²) in [6.07, 6.45) is 1.52. The van der Waals surface area contributed by atoms with Crippen molar-refractivity contribution in [2.45, 2.75) is 45.8 Å². The van der Waals surface area contributed by atoms with Gasteiger partial charge in [-0.25, -0.2) is 0 Å². The van der Waals surface area contributed by atoms with Gasteiger partial charge in [-0.3, -0.25) is 0 Å².